The standard InChI is InChI=1S/C32H30FNO4/c1-20-29(32(36)38-16-15-21-7-4-3-5-8-21)30(23-9-6-10-25(33)17-23)31-27(34-20)18-24(19-28(31)35)22-11-13-26(37-2)14-12-22/h3-14,17,24,30,34H,15-16,18-19H2,1-2H3/t24-,30+/m0/s1. The Morgan fingerprint density at radius 3 is 2.45 bits per heavy atom. The van der Waals surface area contributed by atoms with Crippen molar-refractivity contribution < 1.29 is 23.5 Å². The van der Waals surface area contributed by atoms with Gasteiger partial charge in [0, 0.05) is 35.7 Å². The number of benzene rings is 3. The van der Waals surface area contributed by atoms with Gasteiger partial charge < -0.3 is 14.8 Å². The zero-order valence-electron chi connectivity index (χ0n) is 21.5. The van der Waals surface area contributed by atoms with Crippen LogP contribution in [0, 0.1) is 5.82 Å². The first kappa shape index (κ1) is 25.5. The van der Waals surface area contributed by atoms with Crippen molar-refractivity contribution in [3.8, 4) is 5.75 Å². The van der Waals surface area contributed by atoms with Crippen LogP contribution in [0.4, 0.5) is 4.39 Å². The third kappa shape index (κ3) is 5.25. The molecule has 0 saturated carbocycles. The monoisotopic (exact) mass is 511 g/mol. The molecule has 5 nitrogen and oxygen atoms in total. The van der Waals surface area contributed by atoms with Crippen molar-refractivity contribution in [1.29, 1.82) is 0 Å². The van der Waals surface area contributed by atoms with E-state index in [-0.39, 0.29) is 18.3 Å². The van der Waals surface area contributed by atoms with Gasteiger partial charge in [-0.2, -0.15) is 0 Å². The van der Waals surface area contributed by atoms with E-state index >= 15 is 0 Å². The number of Topliss-reactive ketones (excluding diaryl/α,β-unsaturated/α-hetero) is 1. The molecule has 1 N–H and O–H groups in total. The fraction of sp³-hybridized carbons (Fsp3) is 0.250. The number of rotatable bonds is 7. The molecule has 194 valence electrons. The number of esters is 1. The Morgan fingerprint density at radius 2 is 1.74 bits per heavy atom. The van der Waals surface area contributed by atoms with Gasteiger partial charge in [0.2, 0.25) is 0 Å². The third-order valence-electron chi connectivity index (χ3n) is 7.28. The maximum Gasteiger partial charge on any atom is 0.336 e. The van der Waals surface area contributed by atoms with Gasteiger partial charge >= 0.3 is 5.97 Å². The van der Waals surface area contributed by atoms with E-state index in [1.54, 1.807) is 19.2 Å². The van der Waals surface area contributed by atoms with E-state index in [0.29, 0.717) is 41.7 Å². The average molecular weight is 512 g/mol. The molecule has 0 radical (unpaired) electrons. The minimum Gasteiger partial charge on any atom is -0.497 e. The highest BCUT2D eigenvalue weighted by Gasteiger charge is 2.41. The Morgan fingerprint density at radius 1 is 0.974 bits per heavy atom. The lowest BCUT2D eigenvalue weighted by Crippen LogP contribution is -2.36. The first-order valence-corrected chi connectivity index (χ1v) is 12.8. The lowest BCUT2D eigenvalue weighted by molar-refractivity contribution is -0.139. The van der Waals surface area contributed by atoms with Crippen LogP contribution in [0.3, 0.4) is 0 Å². The van der Waals surface area contributed by atoms with Gasteiger partial charge in [-0.3, -0.25) is 4.79 Å². The maximum atomic E-state index is 14.3. The van der Waals surface area contributed by atoms with E-state index < -0.39 is 17.7 Å². The molecule has 3 aromatic rings. The number of ether oxygens (including phenoxy) is 2. The number of hydrogen-bond acceptors (Lipinski definition) is 5. The average Bonchev–Trinajstić information content (AvgIpc) is 2.92. The lowest BCUT2D eigenvalue weighted by Gasteiger charge is -2.36. The molecular formula is C32H30FNO4. The van der Waals surface area contributed by atoms with Crippen LogP contribution in [-0.2, 0) is 20.7 Å². The summed E-state index contributed by atoms with van der Waals surface area (Å²) in [5.41, 5.74) is 4.92. The molecule has 5 rings (SSSR count). The van der Waals surface area contributed by atoms with Gasteiger partial charge in [0.25, 0.3) is 0 Å². The number of allylic oxidation sites excluding steroid dienone is 3. The van der Waals surface area contributed by atoms with Gasteiger partial charge in [-0.25, -0.2) is 9.18 Å². The number of ketones is 1. The van der Waals surface area contributed by atoms with E-state index in [0.717, 1.165) is 22.6 Å². The molecule has 2 atom stereocenters. The largest absolute Gasteiger partial charge is 0.497 e. The van der Waals surface area contributed by atoms with Crippen LogP contribution in [0.5, 0.6) is 5.75 Å². The number of halogens is 1. The summed E-state index contributed by atoms with van der Waals surface area (Å²) in [6.07, 6.45) is 1.48. The zero-order valence-corrected chi connectivity index (χ0v) is 21.5. The molecule has 2 aliphatic rings. The summed E-state index contributed by atoms with van der Waals surface area (Å²) in [5, 5.41) is 3.34. The number of methoxy groups -OCH3 is 1. The fourth-order valence-corrected chi connectivity index (χ4v) is 5.42. The van der Waals surface area contributed by atoms with E-state index in [1.807, 2.05) is 61.5 Å². The van der Waals surface area contributed by atoms with Crippen molar-refractivity contribution in [2.45, 2.75) is 38.0 Å². The molecular weight excluding hydrogens is 481 g/mol. The number of carbonyl (C=O) groups is 2. The number of nitrogens with one attached hydrogen (secondary N) is 1. The van der Waals surface area contributed by atoms with Crippen molar-refractivity contribution in [3.05, 3.63) is 124 Å². The van der Waals surface area contributed by atoms with Crippen LogP contribution in [0.25, 0.3) is 0 Å². The Labute approximate surface area is 222 Å². The maximum absolute atomic E-state index is 14.3. The second-order valence-electron chi connectivity index (χ2n) is 9.72. The van der Waals surface area contributed by atoms with Crippen LogP contribution in [0.15, 0.2) is 101 Å². The van der Waals surface area contributed by atoms with Crippen molar-refractivity contribution >= 4 is 11.8 Å². The van der Waals surface area contributed by atoms with Crippen molar-refractivity contribution in [2.75, 3.05) is 13.7 Å². The van der Waals surface area contributed by atoms with Crippen LogP contribution >= 0.6 is 0 Å². The van der Waals surface area contributed by atoms with Gasteiger partial charge in [-0.05, 0) is 60.2 Å². The summed E-state index contributed by atoms with van der Waals surface area (Å²) in [5.74, 6) is -0.938. The third-order valence-corrected chi connectivity index (χ3v) is 7.28. The minimum atomic E-state index is -0.699. The topological polar surface area (TPSA) is 64.6 Å². The molecule has 6 heteroatoms. The van der Waals surface area contributed by atoms with Gasteiger partial charge in [-0.1, -0.05) is 54.6 Å². The molecule has 0 saturated heterocycles. The highest BCUT2D eigenvalue weighted by molar-refractivity contribution is 6.04. The number of carbonyl (C=O) groups excluding carboxylic acids is 2. The quantitative estimate of drug-likeness (QED) is 0.395. The Kier molecular flexibility index (Phi) is 7.40. The highest BCUT2D eigenvalue weighted by atomic mass is 19.1. The second kappa shape index (κ2) is 11.1. The summed E-state index contributed by atoms with van der Waals surface area (Å²) >= 11 is 0. The molecule has 1 aliphatic heterocycles. The summed E-state index contributed by atoms with van der Waals surface area (Å²) in [4.78, 5) is 27.1. The molecule has 0 aromatic heterocycles. The summed E-state index contributed by atoms with van der Waals surface area (Å²) < 4.78 is 25.3. The molecule has 3 aromatic carbocycles. The Bertz CT molecular complexity index is 1410. The normalized spacial score (nSPS) is 19.1. The number of dihydropyridines is 1. The summed E-state index contributed by atoms with van der Waals surface area (Å²) in [6.45, 7) is 2.01. The molecule has 1 aliphatic carbocycles. The van der Waals surface area contributed by atoms with Crippen LogP contribution < -0.4 is 10.1 Å². The zero-order chi connectivity index (χ0) is 26.6. The smallest absolute Gasteiger partial charge is 0.336 e. The van der Waals surface area contributed by atoms with Crippen LogP contribution in [0.1, 0.15) is 48.3 Å². The fourth-order valence-electron chi connectivity index (χ4n) is 5.42. The first-order chi connectivity index (χ1) is 18.4. The molecule has 0 bridgehead atoms. The predicted octanol–water partition coefficient (Wildman–Crippen LogP) is 5.98. The van der Waals surface area contributed by atoms with E-state index in [4.69, 9.17) is 9.47 Å². The number of hydrogen-bond donors (Lipinski definition) is 1. The Balaban J connectivity index is 1.45. The van der Waals surface area contributed by atoms with Crippen molar-refractivity contribution in [1.82, 2.24) is 5.32 Å². The lowest BCUT2D eigenvalue weighted by atomic mass is 9.71. The van der Waals surface area contributed by atoms with Gasteiger partial charge in [-0.15, -0.1) is 0 Å². The molecule has 0 fully saturated rings. The molecule has 38 heavy (non-hydrogen) atoms. The van der Waals surface area contributed by atoms with Gasteiger partial charge in [0.05, 0.1) is 19.3 Å². The Hall–Kier alpha value is -4.19. The van der Waals surface area contributed by atoms with Crippen LogP contribution in [0.2, 0.25) is 0 Å². The van der Waals surface area contributed by atoms with Crippen molar-refractivity contribution in [3.63, 3.8) is 0 Å². The van der Waals surface area contributed by atoms with E-state index in [9.17, 15) is 14.0 Å². The van der Waals surface area contributed by atoms with Gasteiger partial charge in [0.1, 0.15) is 11.6 Å². The predicted molar refractivity (Wildman–Crippen MR) is 143 cm³/mol. The first-order valence-electron chi connectivity index (χ1n) is 12.8. The summed E-state index contributed by atoms with van der Waals surface area (Å²) in [6, 6.07) is 23.6. The van der Waals surface area contributed by atoms with E-state index in [2.05, 4.69) is 5.32 Å². The molecule has 0 unspecified atom stereocenters. The van der Waals surface area contributed by atoms with E-state index in [1.165, 1.54) is 12.1 Å². The van der Waals surface area contributed by atoms with Crippen LogP contribution in [-0.4, -0.2) is 25.5 Å². The molecule has 1 heterocycles. The minimum absolute atomic E-state index is 0.0139. The summed E-state index contributed by atoms with van der Waals surface area (Å²) in [7, 11) is 1.62. The molecule has 0 amide bonds. The highest BCUT2D eigenvalue weighted by Crippen LogP contribution is 2.46. The SMILES string of the molecule is COc1ccc([C@@H]2CC(=O)C3=C(C2)NC(C)=C(C(=O)OCCc2ccccc2)[C@H]3c2cccc(F)c2)cc1. The van der Waals surface area contributed by atoms with Crippen molar-refractivity contribution in [2.24, 2.45) is 0 Å². The molecule has 0 spiro atoms. The van der Waals surface area contributed by atoms with Gasteiger partial charge in [0.15, 0.2) is 5.78 Å². The second-order valence-corrected chi connectivity index (χ2v) is 9.72.